The van der Waals surface area contributed by atoms with E-state index in [0.717, 1.165) is 0 Å². The third kappa shape index (κ3) is 1.84. The average Bonchev–Trinajstić information content (AvgIpc) is 1.88. The molecule has 0 bridgehead atoms. The first-order valence-electron chi connectivity index (χ1n) is 2.82. The van der Waals surface area contributed by atoms with Crippen molar-refractivity contribution in [1.82, 2.24) is 0 Å². The minimum atomic E-state index is 0.228. The van der Waals surface area contributed by atoms with E-state index in [-0.39, 0.29) is 5.75 Å². The predicted molar refractivity (Wildman–Crippen MR) is 42.2 cm³/mol. The maximum absolute atomic E-state index is 8.95. The minimum Gasteiger partial charge on any atom is -0.508 e. The summed E-state index contributed by atoms with van der Waals surface area (Å²) >= 11 is 1.25. The van der Waals surface area contributed by atoms with Gasteiger partial charge in [0.15, 0.2) is 0 Å². The Morgan fingerprint density at radius 3 is 2.90 bits per heavy atom. The van der Waals surface area contributed by atoms with Crippen molar-refractivity contribution in [3.63, 3.8) is 0 Å². The molecule has 0 fully saturated rings. The Kier molecular flexibility index (Phi) is 2.45. The molecule has 0 saturated heterocycles. The number of hydrogen-bond acceptors (Lipinski definition) is 3. The van der Waals surface area contributed by atoms with E-state index >= 15 is 0 Å². The van der Waals surface area contributed by atoms with Crippen molar-refractivity contribution in [2.24, 2.45) is 0 Å². The molecule has 1 aromatic carbocycles. The van der Waals surface area contributed by atoms with Crippen LogP contribution in [-0.4, -0.2) is 11.4 Å². The van der Waals surface area contributed by atoms with Crippen molar-refractivity contribution in [2.45, 2.75) is 0 Å². The maximum Gasteiger partial charge on any atom is 0.141 e. The maximum atomic E-state index is 8.95. The van der Waals surface area contributed by atoms with E-state index in [1.807, 2.05) is 6.26 Å². The van der Waals surface area contributed by atoms with Gasteiger partial charge in [0, 0.05) is 12.3 Å². The van der Waals surface area contributed by atoms with Crippen molar-refractivity contribution in [2.75, 3.05) is 6.26 Å². The van der Waals surface area contributed by atoms with E-state index in [0.29, 0.717) is 5.75 Å². The lowest BCUT2D eigenvalue weighted by atomic mass is 10.3. The molecule has 0 spiro atoms. The van der Waals surface area contributed by atoms with E-state index < -0.39 is 0 Å². The highest BCUT2D eigenvalue weighted by molar-refractivity contribution is 7.94. The second-order valence-corrected chi connectivity index (χ2v) is 2.25. The Balaban J connectivity index is 2.75. The van der Waals surface area contributed by atoms with Crippen molar-refractivity contribution in [3.8, 4) is 11.5 Å². The summed E-state index contributed by atoms with van der Waals surface area (Å²) in [6.45, 7) is 0. The van der Waals surface area contributed by atoms with E-state index in [4.69, 9.17) is 9.29 Å². The van der Waals surface area contributed by atoms with Gasteiger partial charge in [-0.2, -0.15) is 0 Å². The van der Waals surface area contributed by atoms with Crippen LogP contribution in [0.25, 0.3) is 0 Å². The molecule has 1 N–H and O–H groups in total. The largest absolute Gasteiger partial charge is 0.508 e. The van der Waals surface area contributed by atoms with Crippen LogP contribution in [-0.2, 0) is 0 Å². The highest BCUT2D eigenvalue weighted by atomic mass is 32.2. The molecule has 10 heavy (non-hydrogen) atoms. The number of rotatable bonds is 2. The van der Waals surface area contributed by atoms with Gasteiger partial charge in [-0.15, -0.1) is 0 Å². The fourth-order valence-electron chi connectivity index (χ4n) is 0.632. The Bertz CT molecular complexity index is 213. The summed E-state index contributed by atoms with van der Waals surface area (Å²) in [4.78, 5) is 0. The topological polar surface area (TPSA) is 29.5 Å². The van der Waals surface area contributed by atoms with Crippen LogP contribution in [0.15, 0.2) is 24.3 Å². The van der Waals surface area contributed by atoms with Gasteiger partial charge < -0.3 is 9.29 Å². The van der Waals surface area contributed by atoms with Crippen LogP contribution in [0, 0.1) is 0 Å². The average molecular weight is 156 g/mol. The van der Waals surface area contributed by atoms with Gasteiger partial charge in [0.25, 0.3) is 0 Å². The number of hydrogen-bond donors (Lipinski definition) is 1. The van der Waals surface area contributed by atoms with E-state index in [1.54, 1.807) is 24.3 Å². The Morgan fingerprint density at radius 2 is 2.30 bits per heavy atom. The molecule has 0 unspecified atom stereocenters. The third-order valence-electron chi connectivity index (χ3n) is 0.997. The van der Waals surface area contributed by atoms with Gasteiger partial charge in [-0.25, -0.2) is 0 Å². The van der Waals surface area contributed by atoms with Crippen molar-refractivity contribution < 1.29 is 9.29 Å². The summed E-state index contributed by atoms with van der Waals surface area (Å²) < 4.78 is 5.04. The van der Waals surface area contributed by atoms with E-state index in [9.17, 15) is 0 Å². The summed E-state index contributed by atoms with van der Waals surface area (Å²) in [5.74, 6) is 0.902. The molecule has 0 aliphatic heterocycles. The summed E-state index contributed by atoms with van der Waals surface area (Å²) in [5.41, 5.74) is 0. The Morgan fingerprint density at radius 1 is 1.50 bits per heavy atom. The van der Waals surface area contributed by atoms with Gasteiger partial charge in [-0.05, 0) is 12.1 Å². The third-order valence-corrected chi connectivity index (χ3v) is 1.36. The van der Waals surface area contributed by atoms with Crippen LogP contribution in [0.3, 0.4) is 0 Å². The molecule has 3 heteroatoms. The second-order valence-electron chi connectivity index (χ2n) is 1.75. The molecule has 1 rings (SSSR count). The van der Waals surface area contributed by atoms with Crippen molar-refractivity contribution in [1.29, 1.82) is 0 Å². The Labute approximate surface area is 64.0 Å². The van der Waals surface area contributed by atoms with Crippen LogP contribution >= 0.6 is 12.0 Å². The van der Waals surface area contributed by atoms with Gasteiger partial charge in [0.05, 0.1) is 12.0 Å². The van der Waals surface area contributed by atoms with Crippen LogP contribution in [0.2, 0.25) is 0 Å². The molecule has 0 atom stereocenters. The molecule has 0 saturated carbocycles. The number of aromatic hydroxyl groups is 1. The molecule has 0 aliphatic rings. The van der Waals surface area contributed by atoms with Gasteiger partial charge in [-0.1, -0.05) is 6.07 Å². The first-order chi connectivity index (χ1) is 4.83. The first-order valence-corrected chi connectivity index (χ1v) is 3.97. The summed E-state index contributed by atoms with van der Waals surface area (Å²) in [5, 5.41) is 8.95. The van der Waals surface area contributed by atoms with Crippen molar-refractivity contribution in [3.05, 3.63) is 24.3 Å². The molecule has 0 radical (unpaired) electrons. The zero-order chi connectivity index (χ0) is 7.40. The fraction of sp³-hybridized carbons (Fsp3) is 0.143. The fourth-order valence-corrected chi connectivity index (χ4v) is 0.928. The monoisotopic (exact) mass is 156 g/mol. The van der Waals surface area contributed by atoms with Gasteiger partial charge in [0.1, 0.15) is 11.5 Å². The summed E-state index contributed by atoms with van der Waals surface area (Å²) in [7, 11) is 0. The second kappa shape index (κ2) is 3.37. The Hall–Kier alpha value is -0.830. The zero-order valence-electron chi connectivity index (χ0n) is 5.57. The van der Waals surface area contributed by atoms with E-state index in [2.05, 4.69) is 0 Å². The smallest absolute Gasteiger partial charge is 0.141 e. The molecular formula is C7H8O2S. The molecule has 1 aromatic rings. The normalized spacial score (nSPS) is 9.30. The highest BCUT2D eigenvalue weighted by Crippen LogP contribution is 2.19. The molecule has 0 heterocycles. The number of phenols is 1. The van der Waals surface area contributed by atoms with Crippen LogP contribution in [0.4, 0.5) is 0 Å². The molecule has 0 aliphatic carbocycles. The van der Waals surface area contributed by atoms with Gasteiger partial charge in [0.2, 0.25) is 0 Å². The quantitative estimate of drug-likeness (QED) is 0.664. The highest BCUT2D eigenvalue weighted by Gasteiger charge is 1.91. The van der Waals surface area contributed by atoms with Gasteiger partial charge >= 0.3 is 0 Å². The standard InChI is InChI=1S/C7H8O2S/c1-10-9-7-4-2-3-6(8)5-7/h2-5,8H,1H3. The number of benzene rings is 1. The molecular weight excluding hydrogens is 148 g/mol. The lowest BCUT2D eigenvalue weighted by Gasteiger charge is -1.99. The van der Waals surface area contributed by atoms with Crippen molar-refractivity contribution >= 4 is 12.0 Å². The molecule has 2 nitrogen and oxygen atoms in total. The predicted octanol–water partition coefficient (Wildman–Crippen LogP) is 2.05. The first kappa shape index (κ1) is 7.28. The zero-order valence-corrected chi connectivity index (χ0v) is 6.39. The molecule has 0 amide bonds. The summed E-state index contributed by atoms with van der Waals surface area (Å²) in [6.07, 6.45) is 1.82. The van der Waals surface area contributed by atoms with Crippen LogP contribution in [0.1, 0.15) is 0 Å². The SMILES string of the molecule is CSOc1cccc(O)c1. The van der Waals surface area contributed by atoms with Gasteiger partial charge in [-0.3, -0.25) is 0 Å². The lowest BCUT2D eigenvalue weighted by Crippen LogP contribution is -1.76. The lowest BCUT2D eigenvalue weighted by molar-refractivity contribution is 0.472. The summed E-state index contributed by atoms with van der Waals surface area (Å²) in [6, 6.07) is 6.70. The van der Waals surface area contributed by atoms with Crippen LogP contribution < -0.4 is 4.18 Å². The van der Waals surface area contributed by atoms with E-state index in [1.165, 1.54) is 12.0 Å². The number of phenolic OH excluding ortho intramolecular Hbond substituents is 1. The minimum absolute atomic E-state index is 0.228. The molecule has 54 valence electrons. The molecule has 0 aromatic heterocycles. The van der Waals surface area contributed by atoms with Crippen LogP contribution in [0.5, 0.6) is 11.5 Å².